The number of para-hydroxylation sites is 1. The minimum atomic E-state index is -4.45. The van der Waals surface area contributed by atoms with Crippen molar-refractivity contribution >= 4 is 23.2 Å². The van der Waals surface area contributed by atoms with Crippen molar-refractivity contribution < 1.29 is 22.4 Å². The van der Waals surface area contributed by atoms with Gasteiger partial charge in [0.2, 0.25) is 5.95 Å². The molecule has 0 saturated carbocycles. The van der Waals surface area contributed by atoms with E-state index in [4.69, 9.17) is 0 Å². The molecule has 0 radical (unpaired) electrons. The highest BCUT2D eigenvalue weighted by atomic mass is 19.4. The van der Waals surface area contributed by atoms with Crippen LogP contribution in [0.5, 0.6) is 0 Å². The molecule has 0 bridgehead atoms. The quantitative estimate of drug-likeness (QED) is 0.652. The van der Waals surface area contributed by atoms with E-state index in [-0.39, 0.29) is 22.9 Å². The summed E-state index contributed by atoms with van der Waals surface area (Å²) in [5, 5.41) is 5.12. The number of benzene rings is 2. The predicted octanol–water partition coefficient (Wildman–Crippen LogP) is 4.63. The first-order chi connectivity index (χ1) is 12.8. The second-order valence-corrected chi connectivity index (χ2v) is 5.43. The van der Waals surface area contributed by atoms with Gasteiger partial charge in [0.15, 0.2) is 0 Å². The van der Waals surface area contributed by atoms with Crippen molar-refractivity contribution in [1.29, 1.82) is 0 Å². The van der Waals surface area contributed by atoms with Gasteiger partial charge in [-0.15, -0.1) is 0 Å². The molecule has 138 valence electrons. The van der Waals surface area contributed by atoms with Gasteiger partial charge in [-0.1, -0.05) is 12.1 Å². The van der Waals surface area contributed by atoms with Gasteiger partial charge in [-0.05, 0) is 36.4 Å². The minimum Gasteiger partial charge on any atom is -0.322 e. The number of alkyl halides is 3. The summed E-state index contributed by atoms with van der Waals surface area (Å²) in [4.78, 5) is 20.0. The zero-order valence-corrected chi connectivity index (χ0v) is 13.6. The number of anilines is 3. The highest BCUT2D eigenvalue weighted by Gasteiger charge is 2.30. The highest BCUT2D eigenvalue weighted by molar-refractivity contribution is 6.03. The van der Waals surface area contributed by atoms with Gasteiger partial charge in [0.1, 0.15) is 5.82 Å². The molecule has 1 amide bonds. The van der Waals surface area contributed by atoms with Crippen molar-refractivity contribution in [3.05, 3.63) is 77.9 Å². The molecule has 5 nitrogen and oxygen atoms in total. The Morgan fingerprint density at radius 3 is 2.15 bits per heavy atom. The third-order valence-corrected chi connectivity index (χ3v) is 3.50. The van der Waals surface area contributed by atoms with Crippen LogP contribution in [0.15, 0.2) is 60.9 Å². The van der Waals surface area contributed by atoms with Gasteiger partial charge >= 0.3 is 6.18 Å². The van der Waals surface area contributed by atoms with E-state index in [2.05, 4.69) is 20.6 Å². The Morgan fingerprint density at radius 1 is 0.926 bits per heavy atom. The van der Waals surface area contributed by atoms with Crippen LogP contribution in [0.25, 0.3) is 0 Å². The number of hydrogen-bond acceptors (Lipinski definition) is 4. The lowest BCUT2D eigenvalue weighted by Gasteiger charge is -2.09. The maximum Gasteiger partial charge on any atom is 0.416 e. The fraction of sp³-hybridized carbons (Fsp3) is 0.0556. The van der Waals surface area contributed by atoms with Gasteiger partial charge in [-0.3, -0.25) is 4.79 Å². The van der Waals surface area contributed by atoms with Gasteiger partial charge < -0.3 is 10.6 Å². The summed E-state index contributed by atoms with van der Waals surface area (Å²) in [6.45, 7) is 0. The van der Waals surface area contributed by atoms with E-state index in [1.807, 2.05) is 0 Å². The van der Waals surface area contributed by atoms with Crippen LogP contribution in [0.4, 0.5) is 34.9 Å². The molecule has 1 heterocycles. The van der Waals surface area contributed by atoms with Gasteiger partial charge in [-0.2, -0.15) is 13.2 Å². The molecule has 3 rings (SSSR count). The molecule has 2 aromatic carbocycles. The van der Waals surface area contributed by atoms with Crippen molar-refractivity contribution in [2.75, 3.05) is 10.6 Å². The number of rotatable bonds is 4. The Hall–Kier alpha value is -3.49. The van der Waals surface area contributed by atoms with E-state index in [1.165, 1.54) is 30.6 Å². The van der Waals surface area contributed by atoms with Gasteiger partial charge in [0.05, 0.1) is 16.8 Å². The summed E-state index contributed by atoms with van der Waals surface area (Å²) in [6.07, 6.45) is -2.01. The highest BCUT2D eigenvalue weighted by Crippen LogP contribution is 2.29. The summed E-state index contributed by atoms with van der Waals surface area (Å²) in [7, 11) is 0. The van der Waals surface area contributed by atoms with E-state index in [9.17, 15) is 22.4 Å². The molecule has 0 aliphatic rings. The normalized spacial score (nSPS) is 11.1. The van der Waals surface area contributed by atoms with Gasteiger partial charge in [-0.25, -0.2) is 14.4 Å². The van der Waals surface area contributed by atoms with E-state index in [1.54, 1.807) is 6.07 Å². The Bertz CT molecular complexity index is 941. The van der Waals surface area contributed by atoms with Crippen molar-refractivity contribution in [3.63, 3.8) is 0 Å². The Kier molecular flexibility index (Phi) is 5.02. The average molecular weight is 376 g/mol. The Morgan fingerprint density at radius 2 is 1.56 bits per heavy atom. The topological polar surface area (TPSA) is 66.9 Å². The molecule has 0 saturated heterocycles. The van der Waals surface area contributed by atoms with Gasteiger partial charge in [0.25, 0.3) is 5.91 Å². The number of hydrogen-bond donors (Lipinski definition) is 2. The first kappa shape index (κ1) is 18.3. The molecule has 0 aliphatic carbocycles. The summed E-state index contributed by atoms with van der Waals surface area (Å²) >= 11 is 0. The molecule has 0 fully saturated rings. The Labute approximate surface area is 151 Å². The van der Waals surface area contributed by atoms with Crippen molar-refractivity contribution in [2.45, 2.75) is 6.18 Å². The molecular weight excluding hydrogens is 364 g/mol. The maximum absolute atomic E-state index is 13.6. The smallest absolute Gasteiger partial charge is 0.322 e. The van der Waals surface area contributed by atoms with E-state index in [0.29, 0.717) is 0 Å². The number of nitrogens with one attached hydrogen (secondary N) is 2. The number of carbonyl (C=O) groups excluding carboxylic acids is 1. The summed E-state index contributed by atoms with van der Waals surface area (Å²) in [5.74, 6) is -0.983. The number of nitrogens with zero attached hydrogens (tertiary/aromatic N) is 2. The molecule has 1 aromatic heterocycles. The SMILES string of the molecule is O=C(Nc1ccc(C(F)(F)F)cc1)c1cnc(Nc2ccccc2F)nc1. The van der Waals surface area contributed by atoms with Crippen LogP contribution in [0.2, 0.25) is 0 Å². The molecule has 0 aliphatic heterocycles. The molecule has 3 aromatic rings. The lowest BCUT2D eigenvalue weighted by molar-refractivity contribution is -0.137. The molecule has 27 heavy (non-hydrogen) atoms. The standard InChI is InChI=1S/C18H12F4N4O/c19-14-3-1-2-4-15(14)26-17-23-9-11(10-24-17)16(27)25-13-7-5-12(6-8-13)18(20,21)22/h1-10H,(H,25,27)(H,23,24,26). The number of carbonyl (C=O) groups is 1. The van der Waals surface area contributed by atoms with Crippen molar-refractivity contribution in [2.24, 2.45) is 0 Å². The predicted molar refractivity (Wildman–Crippen MR) is 91.1 cm³/mol. The lowest BCUT2D eigenvalue weighted by Crippen LogP contribution is -2.13. The van der Waals surface area contributed by atoms with E-state index < -0.39 is 23.5 Å². The second-order valence-electron chi connectivity index (χ2n) is 5.43. The first-order valence-electron chi connectivity index (χ1n) is 7.65. The van der Waals surface area contributed by atoms with Crippen LogP contribution in [-0.2, 0) is 6.18 Å². The molecule has 0 spiro atoms. The molecule has 9 heteroatoms. The summed E-state index contributed by atoms with van der Waals surface area (Å²) in [5.41, 5.74) is -0.345. The molecule has 0 unspecified atom stereocenters. The third kappa shape index (κ3) is 4.57. The fourth-order valence-electron chi connectivity index (χ4n) is 2.14. The summed E-state index contributed by atoms with van der Waals surface area (Å²) in [6, 6.07) is 9.98. The molecular formula is C18H12F4N4O. The summed E-state index contributed by atoms with van der Waals surface area (Å²) < 4.78 is 51.2. The number of aromatic nitrogens is 2. The van der Waals surface area contributed by atoms with Crippen molar-refractivity contribution in [3.8, 4) is 0 Å². The zero-order chi connectivity index (χ0) is 19.4. The maximum atomic E-state index is 13.6. The minimum absolute atomic E-state index is 0.0891. The van der Waals surface area contributed by atoms with Crippen LogP contribution in [0, 0.1) is 5.82 Å². The third-order valence-electron chi connectivity index (χ3n) is 3.50. The first-order valence-corrected chi connectivity index (χ1v) is 7.65. The van der Waals surface area contributed by atoms with E-state index >= 15 is 0 Å². The van der Waals surface area contributed by atoms with Crippen LogP contribution >= 0.6 is 0 Å². The zero-order valence-electron chi connectivity index (χ0n) is 13.6. The molecule has 0 atom stereocenters. The lowest BCUT2D eigenvalue weighted by atomic mass is 10.2. The fourth-order valence-corrected chi connectivity index (χ4v) is 2.14. The van der Waals surface area contributed by atoms with Crippen LogP contribution in [0.1, 0.15) is 15.9 Å². The number of amides is 1. The van der Waals surface area contributed by atoms with E-state index in [0.717, 1.165) is 24.3 Å². The number of halogens is 4. The van der Waals surface area contributed by atoms with Crippen LogP contribution < -0.4 is 10.6 Å². The van der Waals surface area contributed by atoms with Crippen LogP contribution in [-0.4, -0.2) is 15.9 Å². The molecule has 2 N–H and O–H groups in total. The van der Waals surface area contributed by atoms with Gasteiger partial charge in [0, 0.05) is 18.1 Å². The monoisotopic (exact) mass is 376 g/mol. The van der Waals surface area contributed by atoms with Crippen LogP contribution in [0.3, 0.4) is 0 Å². The average Bonchev–Trinajstić information content (AvgIpc) is 2.64. The largest absolute Gasteiger partial charge is 0.416 e. The van der Waals surface area contributed by atoms with Crippen molar-refractivity contribution in [1.82, 2.24) is 9.97 Å². The second kappa shape index (κ2) is 7.40. The Balaban J connectivity index is 1.66.